The molecule has 1 aliphatic rings. The van der Waals surface area contributed by atoms with Crippen molar-refractivity contribution in [1.82, 2.24) is 0 Å². The Morgan fingerprint density at radius 3 is 2.21 bits per heavy atom. The van der Waals surface area contributed by atoms with Crippen LogP contribution >= 0.6 is 8.03 Å². The minimum absolute atomic E-state index is 0.356. The molecule has 150 valence electrons. The van der Waals surface area contributed by atoms with Crippen molar-refractivity contribution in [1.29, 1.82) is 0 Å². The van der Waals surface area contributed by atoms with Crippen LogP contribution in [-0.2, 0) is 14.8 Å². The summed E-state index contributed by atoms with van der Waals surface area (Å²) < 4.78 is 24.2. The van der Waals surface area contributed by atoms with Gasteiger partial charge in [-0.1, -0.05) is 92.8 Å². The normalized spacial score (nSPS) is 18.1. The van der Waals surface area contributed by atoms with Gasteiger partial charge in [-0.15, -0.1) is 0 Å². The molecule has 0 bridgehead atoms. The summed E-state index contributed by atoms with van der Waals surface area (Å²) in [6.07, 6.45) is 9.39. The zero-order valence-corrected chi connectivity index (χ0v) is 17.5. The van der Waals surface area contributed by atoms with Gasteiger partial charge in [-0.25, -0.2) is 0 Å². The highest BCUT2D eigenvalue weighted by Gasteiger charge is 2.54. The van der Waals surface area contributed by atoms with Gasteiger partial charge in [0.25, 0.3) is 0 Å². The second kappa shape index (κ2) is 10.2. The molecule has 0 N–H and O–H groups in total. The lowest BCUT2D eigenvalue weighted by Gasteiger charge is -2.32. The smallest absolute Gasteiger partial charge is 0.440 e. The summed E-state index contributed by atoms with van der Waals surface area (Å²) in [4.78, 5) is 12.3. The highest BCUT2D eigenvalue weighted by molar-refractivity contribution is 7.37. The zero-order chi connectivity index (χ0) is 19.8. The molecule has 1 aliphatic heterocycles. The largest absolute Gasteiger partial charge is 0.590 e. The number of hydrogen-bond donors (Lipinski definition) is 0. The number of unbranched alkanes of at least 4 members (excludes halogenated alkanes) is 7. The molecule has 0 saturated heterocycles. The molecule has 2 unspecified atom stereocenters. The van der Waals surface area contributed by atoms with Crippen molar-refractivity contribution in [2.75, 3.05) is 6.61 Å². The Labute approximate surface area is 168 Å². The third-order valence-corrected chi connectivity index (χ3v) is 6.17. The van der Waals surface area contributed by atoms with Crippen molar-refractivity contribution >= 4 is 8.03 Å². The van der Waals surface area contributed by atoms with Crippen LogP contribution < -0.4 is 9.63 Å². The van der Waals surface area contributed by atoms with E-state index in [9.17, 15) is 9.46 Å². The summed E-state index contributed by atoms with van der Waals surface area (Å²) >= 11 is 0. The van der Waals surface area contributed by atoms with Crippen molar-refractivity contribution in [3.63, 3.8) is 0 Å². The Hall–Kier alpha value is -1.74. The Morgan fingerprint density at radius 1 is 0.893 bits per heavy atom. The van der Waals surface area contributed by atoms with Gasteiger partial charge >= 0.3 is 13.6 Å². The van der Waals surface area contributed by atoms with Gasteiger partial charge < -0.3 is 9.63 Å². The van der Waals surface area contributed by atoms with Gasteiger partial charge in [-0.05, 0) is 18.6 Å². The summed E-state index contributed by atoms with van der Waals surface area (Å²) in [6, 6.07) is 14.9. The number of rotatable bonds is 11. The molecule has 5 heteroatoms. The third-order valence-electron chi connectivity index (χ3n) is 5.23. The predicted molar refractivity (Wildman–Crippen MR) is 110 cm³/mol. The van der Waals surface area contributed by atoms with Crippen LogP contribution in [0.25, 0.3) is 11.1 Å². The Kier molecular flexibility index (Phi) is 7.61. The van der Waals surface area contributed by atoms with Crippen molar-refractivity contribution in [2.45, 2.75) is 63.8 Å². The topological polar surface area (TPSA) is 58.6 Å². The zero-order valence-electron chi connectivity index (χ0n) is 16.6. The molecule has 2 aromatic rings. The first-order valence-corrected chi connectivity index (χ1v) is 11.5. The van der Waals surface area contributed by atoms with E-state index >= 15 is 0 Å². The second-order valence-electron chi connectivity index (χ2n) is 7.31. The molecule has 4 nitrogen and oxygen atoms in total. The quantitative estimate of drug-likeness (QED) is 0.337. The maximum absolute atomic E-state index is 12.3. The van der Waals surface area contributed by atoms with Gasteiger partial charge in [-0.3, -0.25) is 4.74 Å². The lowest BCUT2D eigenvalue weighted by molar-refractivity contribution is -0.218. The van der Waals surface area contributed by atoms with Crippen LogP contribution in [0.15, 0.2) is 48.5 Å². The first-order chi connectivity index (χ1) is 13.7. The van der Waals surface area contributed by atoms with Crippen LogP contribution in [0.3, 0.4) is 0 Å². The number of benzene rings is 2. The summed E-state index contributed by atoms with van der Waals surface area (Å²) in [6.45, 7) is 2.58. The number of para-hydroxylation sites is 1. The monoisotopic (exact) mass is 400 g/mol. The first kappa shape index (κ1) is 21.0. The first-order valence-electron chi connectivity index (χ1n) is 10.4. The highest BCUT2D eigenvalue weighted by Crippen LogP contribution is 2.53. The number of fused-ring (bicyclic) bond motifs is 3. The highest BCUT2D eigenvalue weighted by atomic mass is 31.1. The van der Waals surface area contributed by atoms with Crippen LogP contribution in [0.1, 0.15) is 63.9 Å². The van der Waals surface area contributed by atoms with E-state index in [0.717, 1.165) is 30.4 Å². The van der Waals surface area contributed by atoms with E-state index in [2.05, 4.69) is 6.92 Å². The van der Waals surface area contributed by atoms with E-state index in [-0.39, 0.29) is 0 Å². The number of hydrogen-bond acceptors (Lipinski definition) is 4. The predicted octanol–water partition coefficient (Wildman–Crippen LogP) is 6.12. The van der Waals surface area contributed by atoms with Crippen LogP contribution in [0.2, 0.25) is 0 Å². The summed E-state index contributed by atoms with van der Waals surface area (Å²) in [5.74, 6) is 0.538. The Balaban J connectivity index is 1.65. The fourth-order valence-corrected chi connectivity index (χ4v) is 4.48. The fraction of sp³-hybridized carbons (Fsp3) is 0.478. The van der Waals surface area contributed by atoms with E-state index in [1.807, 2.05) is 36.4 Å². The second-order valence-corrected chi connectivity index (χ2v) is 8.41. The average Bonchev–Trinajstić information content (AvgIpc) is 2.72. The molecule has 0 aliphatic carbocycles. The Morgan fingerprint density at radius 2 is 1.50 bits per heavy atom. The molecule has 0 saturated carbocycles. The minimum atomic E-state index is -2.99. The van der Waals surface area contributed by atoms with E-state index in [0.29, 0.717) is 17.9 Å². The van der Waals surface area contributed by atoms with Gasteiger partial charge in [0.1, 0.15) is 5.75 Å². The maximum Gasteiger partial charge on any atom is 0.440 e. The average molecular weight is 400 g/mol. The Bertz CT molecular complexity index is 792. The lowest BCUT2D eigenvalue weighted by atomic mass is 9.96. The lowest BCUT2D eigenvalue weighted by Crippen LogP contribution is -2.38. The van der Waals surface area contributed by atoms with Crippen molar-refractivity contribution in [3.05, 3.63) is 54.1 Å². The summed E-state index contributed by atoms with van der Waals surface area (Å²) in [5, 5.41) is 0. The minimum Gasteiger partial charge on any atom is -0.590 e. The molecule has 2 aromatic carbocycles. The molecule has 0 aromatic heterocycles. The fourth-order valence-electron chi connectivity index (χ4n) is 3.72. The van der Waals surface area contributed by atoms with Crippen molar-refractivity contribution < 1.29 is 18.9 Å². The van der Waals surface area contributed by atoms with Gasteiger partial charge in [0, 0.05) is 11.1 Å². The molecule has 28 heavy (non-hydrogen) atoms. The van der Waals surface area contributed by atoms with E-state index in [1.165, 1.54) is 32.1 Å². The van der Waals surface area contributed by atoms with Gasteiger partial charge in [-0.2, -0.15) is 0 Å². The molecule has 3 rings (SSSR count). The maximum atomic E-state index is 12.3. The van der Waals surface area contributed by atoms with Gasteiger partial charge in [0.05, 0.1) is 12.2 Å². The van der Waals surface area contributed by atoms with Crippen molar-refractivity contribution in [2.24, 2.45) is 0 Å². The molecule has 0 fully saturated rings. The number of ether oxygens (including phenoxy) is 2. The van der Waals surface area contributed by atoms with E-state index in [1.54, 1.807) is 12.1 Å². The molecule has 0 radical (unpaired) electrons. The van der Waals surface area contributed by atoms with Crippen LogP contribution in [0.4, 0.5) is 0 Å². The molecule has 0 spiro atoms. The van der Waals surface area contributed by atoms with Gasteiger partial charge in [0.15, 0.2) is 0 Å². The summed E-state index contributed by atoms with van der Waals surface area (Å²) in [5.41, 5.74) is 0.548. The van der Waals surface area contributed by atoms with E-state index < -0.39 is 13.6 Å². The third kappa shape index (κ3) is 4.63. The van der Waals surface area contributed by atoms with E-state index in [4.69, 9.17) is 9.47 Å². The van der Waals surface area contributed by atoms with Crippen LogP contribution in [-0.4, -0.2) is 6.61 Å². The summed E-state index contributed by atoms with van der Waals surface area (Å²) in [7, 11) is -2.99. The molecule has 2 atom stereocenters. The molecule has 0 amide bonds. The standard InChI is InChI=1S/C23H29O4P/c1-2-3-4-5-6-7-8-13-18-26-23(28(24)25)21-16-11-9-14-19(21)20-15-10-12-17-22(20)27-23/h9-12,14-17H,2-8,13,18H2,1H3. The molecule has 1 heterocycles. The van der Waals surface area contributed by atoms with Crippen LogP contribution in [0, 0.1) is 0 Å². The molecular formula is C23H29O4P. The SMILES string of the molecule is CCCCCCCCCCOC1([P+](=O)[O-])Oc2ccccc2-c2ccccc21. The molecular weight excluding hydrogens is 371 g/mol. The van der Waals surface area contributed by atoms with Crippen LogP contribution in [0.5, 0.6) is 5.75 Å². The van der Waals surface area contributed by atoms with Gasteiger partial charge in [0.2, 0.25) is 0 Å². The van der Waals surface area contributed by atoms with Crippen molar-refractivity contribution in [3.8, 4) is 16.9 Å².